The number of rotatable bonds is 3. The minimum atomic E-state index is -1.68. The molecule has 0 radical (unpaired) electrons. The smallest absolute Gasteiger partial charge is 0.275 e. The van der Waals surface area contributed by atoms with Crippen LogP contribution in [0.2, 0.25) is 0 Å². The summed E-state index contributed by atoms with van der Waals surface area (Å²) in [6, 6.07) is 3.46. The lowest BCUT2D eigenvalue weighted by Gasteiger charge is -2.25. The molecule has 7 nitrogen and oxygen atoms in total. The molecule has 158 valence electrons. The molecule has 4 rings (SSSR count). The molecule has 12 heteroatoms. The van der Waals surface area contributed by atoms with E-state index in [0.29, 0.717) is 29.2 Å². The molecule has 3 N–H and O–H groups in total. The van der Waals surface area contributed by atoms with Crippen LogP contribution in [-0.4, -0.2) is 42.1 Å². The summed E-state index contributed by atoms with van der Waals surface area (Å²) in [4.78, 5) is 23.0. The fourth-order valence-electron chi connectivity index (χ4n) is 3.52. The minimum Gasteiger partial charge on any atom is -0.369 e. The van der Waals surface area contributed by atoms with Gasteiger partial charge in [0, 0.05) is 43.4 Å². The lowest BCUT2D eigenvalue weighted by molar-refractivity contribution is 0.0957. The van der Waals surface area contributed by atoms with Crippen molar-refractivity contribution >= 4 is 38.8 Å². The van der Waals surface area contributed by atoms with Gasteiger partial charge in [-0.15, -0.1) is 11.3 Å². The molecule has 0 atom stereocenters. The molecule has 0 aliphatic carbocycles. The maximum atomic E-state index is 14.1. The lowest BCUT2D eigenvalue weighted by Crippen LogP contribution is -2.32. The Kier molecular flexibility index (Phi) is 5.43. The Morgan fingerprint density at radius 2 is 1.73 bits per heavy atom. The molecule has 1 amide bonds. The highest BCUT2D eigenvalue weighted by Crippen LogP contribution is 2.33. The van der Waals surface area contributed by atoms with Gasteiger partial charge in [0.2, 0.25) is 11.6 Å². The number of nitrogens with one attached hydrogen (secondary N) is 1. The Morgan fingerprint density at radius 1 is 1.07 bits per heavy atom. The summed E-state index contributed by atoms with van der Waals surface area (Å²) in [6.07, 6.45) is 2.09. The number of carbonyl (C=O) groups is 1. The summed E-state index contributed by atoms with van der Waals surface area (Å²) in [7, 11) is 0. The number of nitrogen functional groups attached to an aromatic ring is 1. The fraction of sp³-hybridized carbons (Fsp3) is 0.278. The van der Waals surface area contributed by atoms with Crippen LogP contribution in [0, 0.1) is 23.5 Å². The number of nitrogens with zero attached hydrogens (tertiary/aromatic N) is 4. The number of carbonyl (C=O) groups excluding carboxylic acids is 1. The number of pyridine rings is 2. The number of hydrogen-bond acceptors (Lipinski definition) is 7. The standard InChI is InChI=1S/C18H16F4N6OS/c19-12-14(13(20)16(22)25-15(12)21)28-5-1-4-27(6-7-28)10-2-3-24-18-9(10)8-11(30-18)17(29)26-23/h2-3,8H,1,4-7,23H2,(H,26,29). The van der Waals surface area contributed by atoms with Crippen LogP contribution in [-0.2, 0) is 0 Å². The first-order valence-corrected chi connectivity index (χ1v) is 9.81. The summed E-state index contributed by atoms with van der Waals surface area (Å²) in [5.41, 5.74) is 2.12. The monoisotopic (exact) mass is 440 g/mol. The second kappa shape index (κ2) is 8.03. The third kappa shape index (κ3) is 3.52. The van der Waals surface area contributed by atoms with Crippen LogP contribution in [0.1, 0.15) is 16.1 Å². The molecule has 0 aromatic carbocycles. The second-order valence-corrected chi connectivity index (χ2v) is 7.66. The highest BCUT2D eigenvalue weighted by atomic mass is 32.1. The number of amides is 1. The van der Waals surface area contributed by atoms with E-state index in [1.807, 2.05) is 4.90 Å². The number of halogens is 4. The molecule has 1 aliphatic heterocycles. The average Bonchev–Trinajstić information content (AvgIpc) is 3.04. The second-order valence-electron chi connectivity index (χ2n) is 6.63. The fourth-order valence-corrected chi connectivity index (χ4v) is 4.44. The molecule has 0 saturated carbocycles. The quantitative estimate of drug-likeness (QED) is 0.214. The van der Waals surface area contributed by atoms with E-state index in [2.05, 4.69) is 15.4 Å². The summed E-state index contributed by atoms with van der Waals surface area (Å²) in [5.74, 6) is -1.61. The van der Waals surface area contributed by atoms with Crippen molar-refractivity contribution in [2.24, 2.45) is 5.84 Å². The van der Waals surface area contributed by atoms with Gasteiger partial charge in [-0.2, -0.15) is 22.5 Å². The zero-order valence-corrected chi connectivity index (χ0v) is 16.3. The third-order valence-corrected chi connectivity index (χ3v) is 5.94. The van der Waals surface area contributed by atoms with Crippen molar-refractivity contribution < 1.29 is 22.4 Å². The number of fused-ring (bicyclic) bond motifs is 1. The Labute approximate surface area is 172 Å². The van der Waals surface area contributed by atoms with Crippen molar-refractivity contribution in [3.05, 3.63) is 46.7 Å². The third-order valence-electron chi connectivity index (χ3n) is 4.89. The number of aromatic nitrogens is 2. The van der Waals surface area contributed by atoms with Gasteiger partial charge >= 0.3 is 0 Å². The maximum Gasteiger partial charge on any atom is 0.275 e. The van der Waals surface area contributed by atoms with Crippen molar-refractivity contribution in [1.29, 1.82) is 0 Å². The molecule has 1 fully saturated rings. The van der Waals surface area contributed by atoms with Gasteiger partial charge in [-0.3, -0.25) is 10.2 Å². The summed E-state index contributed by atoms with van der Waals surface area (Å²) >= 11 is 1.19. The predicted octanol–water partition coefficient (Wildman–Crippen LogP) is 2.57. The van der Waals surface area contributed by atoms with Crippen molar-refractivity contribution in [3.8, 4) is 0 Å². The van der Waals surface area contributed by atoms with E-state index < -0.39 is 35.1 Å². The van der Waals surface area contributed by atoms with Crippen LogP contribution in [0.4, 0.5) is 28.9 Å². The first-order valence-electron chi connectivity index (χ1n) is 9.00. The zero-order chi connectivity index (χ0) is 21.4. The number of nitrogens with two attached hydrogens (primary N) is 1. The van der Waals surface area contributed by atoms with E-state index in [-0.39, 0.29) is 13.1 Å². The molecule has 1 saturated heterocycles. The SMILES string of the molecule is NNC(=O)c1cc2c(N3CCCN(c4c(F)c(F)nc(F)c4F)CC3)ccnc2s1. The largest absolute Gasteiger partial charge is 0.369 e. The summed E-state index contributed by atoms with van der Waals surface area (Å²) < 4.78 is 55.3. The summed E-state index contributed by atoms with van der Waals surface area (Å²) in [6.45, 7) is 1.19. The van der Waals surface area contributed by atoms with Gasteiger partial charge < -0.3 is 9.80 Å². The zero-order valence-electron chi connectivity index (χ0n) is 15.5. The summed E-state index contributed by atoms with van der Waals surface area (Å²) in [5, 5.41) is 0.743. The lowest BCUT2D eigenvalue weighted by atomic mass is 10.2. The van der Waals surface area contributed by atoms with E-state index in [1.54, 1.807) is 18.3 Å². The number of hydrogen-bond donors (Lipinski definition) is 2. The predicted molar refractivity (Wildman–Crippen MR) is 104 cm³/mol. The molecule has 3 aromatic heterocycles. The highest BCUT2D eigenvalue weighted by molar-refractivity contribution is 7.20. The van der Waals surface area contributed by atoms with Crippen molar-refractivity contribution in [1.82, 2.24) is 15.4 Å². The van der Waals surface area contributed by atoms with Crippen LogP contribution in [0.3, 0.4) is 0 Å². The number of thiophene rings is 1. The van der Waals surface area contributed by atoms with E-state index in [9.17, 15) is 22.4 Å². The molecule has 30 heavy (non-hydrogen) atoms. The van der Waals surface area contributed by atoms with Gasteiger partial charge in [0.05, 0.1) is 4.88 Å². The minimum absolute atomic E-state index is 0.126. The molecular formula is C18H16F4N6OS. The number of hydrazine groups is 1. The maximum absolute atomic E-state index is 14.1. The first kappa shape index (κ1) is 20.3. The van der Waals surface area contributed by atoms with Crippen LogP contribution < -0.4 is 21.1 Å². The Hall–Kier alpha value is -2.99. The van der Waals surface area contributed by atoms with Crippen LogP contribution in [0.25, 0.3) is 10.2 Å². The van der Waals surface area contributed by atoms with Gasteiger partial charge in [-0.25, -0.2) is 10.8 Å². The molecule has 4 heterocycles. The normalized spacial score (nSPS) is 14.8. The molecule has 0 spiro atoms. The van der Waals surface area contributed by atoms with Gasteiger partial charge in [0.25, 0.3) is 17.8 Å². The molecule has 0 bridgehead atoms. The van der Waals surface area contributed by atoms with E-state index in [4.69, 9.17) is 5.84 Å². The molecule has 3 aromatic rings. The van der Waals surface area contributed by atoms with E-state index in [1.165, 1.54) is 16.2 Å². The number of anilines is 2. The van der Waals surface area contributed by atoms with Crippen LogP contribution in [0.5, 0.6) is 0 Å². The van der Waals surface area contributed by atoms with E-state index in [0.717, 1.165) is 11.1 Å². The van der Waals surface area contributed by atoms with Gasteiger partial charge in [0.15, 0.2) is 0 Å². The molecule has 1 aliphatic rings. The van der Waals surface area contributed by atoms with Crippen molar-refractivity contribution in [2.45, 2.75) is 6.42 Å². The molecule has 0 unspecified atom stereocenters. The molecular weight excluding hydrogens is 424 g/mol. The van der Waals surface area contributed by atoms with Crippen molar-refractivity contribution in [2.75, 3.05) is 36.0 Å². The van der Waals surface area contributed by atoms with Crippen molar-refractivity contribution in [3.63, 3.8) is 0 Å². The van der Waals surface area contributed by atoms with Gasteiger partial charge in [0.1, 0.15) is 10.5 Å². The van der Waals surface area contributed by atoms with Crippen LogP contribution in [0.15, 0.2) is 18.3 Å². The Bertz CT molecular complexity index is 1100. The first-order chi connectivity index (χ1) is 14.4. The van der Waals surface area contributed by atoms with E-state index >= 15 is 0 Å². The Balaban J connectivity index is 1.63. The Morgan fingerprint density at radius 3 is 2.43 bits per heavy atom. The average molecular weight is 440 g/mol. The topological polar surface area (TPSA) is 87.4 Å². The van der Waals surface area contributed by atoms with Gasteiger partial charge in [-0.1, -0.05) is 0 Å². The highest BCUT2D eigenvalue weighted by Gasteiger charge is 2.27. The van der Waals surface area contributed by atoms with Crippen LogP contribution >= 0.6 is 11.3 Å². The van der Waals surface area contributed by atoms with Gasteiger partial charge in [-0.05, 0) is 18.6 Å².